The lowest BCUT2D eigenvalue weighted by molar-refractivity contribution is -0.204. The predicted molar refractivity (Wildman–Crippen MR) is 65.8 cm³/mol. The second kappa shape index (κ2) is 5.16. The molecule has 4 nitrogen and oxygen atoms in total. The summed E-state index contributed by atoms with van der Waals surface area (Å²) in [5.41, 5.74) is -0.802. The molecule has 0 aromatic heterocycles. The second-order valence-electron chi connectivity index (χ2n) is 4.30. The SMILES string of the molecule is COC1=C2OC(C(F)(F)F)C(C(=O)O)=CC2CC(Br)=C1. The Balaban J connectivity index is 2.51. The first kappa shape index (κ1) is 15.0. The van der Waals surface area contributed by atoms with Gasteiger partial charge in [-0.3, -0.25) is 0 Å². The van der Waals surface area contributed by atoms with Crippen molar-refractivity contribution in [2.75, 3.05) is 7.11 Å². The fourth-order valence-electron chi connectivity index (χ4n) is 2.12. The summed E-state index contributed by atoms with van der Waals surface area (Å²) in [6.07, 6.45) is -4.38. The Kier molecular flexibility index (Phi) is 3.86. The Morgan fingerprint density at radius 3 is 2.70 bits per heavy atom. The Hall–Kier alpha value is -1.44. The van der Waals surface area contributed by atoms with E-state index in [4.69, 9.17) is 14.6 Å². The van der Waals surface area contributed by atoms with Crippen LogP contribution in [-0.4, -0.2) is 30.5 Å². The fraction of sp³-hybridized carbons (Fsp3) is 0.417. The molecule has 1 N–H and O–H groups in total. The van der Waals surface area contributed by atoms with E-state index in [1.807, 2.05) is 0 Å². The lowest BCUT2D eigenvalue weighted by atomic mass is 9.90. The minimum atomic E-state index is -4.81. The number of carbonyl (C=O) groups is 1. The van der Waals surface area contributed by atoms with Crippen molar-refractivity contribution in [3.05, 3.63) is 33.7 Å². The van der Waals surface area contributed by atoms with Crippen LogP contribution in [0.1, 0.15) is 6.42 Å². The summed E-state index contributed by atoms with van der Waals surface area (Å²) < 4.78 is 49.3. The van der Waals surface area contributed by atoms with E-state index in [0.717, 1.165) is 6.08 Å². The molecule has 0 spiro atoms. The monoisotopic (exact) mass is 354 g/mol. The highest BCUT2D eigenvalue weighted by Crippen LogP contribution is 2.43. The highest BCUT2D eigenvalue weighted by molar-refractivity contribution is 9.11. The van der Waals surface area contributed by atoms with Crippen molar-refractivity contribution in [2.45, 2.75) is 18.7 Å². The van der Waals surface area contributed by atoms with Crippen molar-refractivity contribution in [1.29, 1.82) is 0 Å². The zero-order valence-corrected chi connectivity index (χ0v) is 11.8. The number of allylic oxidation sites excluding steroid dienone is 3. The van der Waals surface area contributed by atoms with Crippen LogP contribution in [-0.2, 0) is 14.3 Å². The van der Waals surface area contributed by atoms with E-state index >= 15 is 0 Å². The summed E-state index contributed by atoms with van der Waals surface area (Å²) in [6, 6.07) is 0. The summed E-state index contributed by atoms with van der Waals surface area (Å²) >= 11 is 3.24. The van der Waals surface area contributed by atoms with Crippen molar-refractivity contribution in [3.63, 3.8) is 0 Å². The topological polar surface area (TPSA) is 55.8 Å². The number of halogens is 4. The molecule has 0 radical (unpaired) electrons. The Morgan fingerprint density at radius 2 is 2.20 bits per heavy atom. The third-order valence-corrected chi connectivity index (χ3v) is 3.51. The molecule has 20 heavy (non-hydrogen) atoms. The van der Waals surface area contributed by atoms with Crippen molar-refractivity contribution in [2.24, 2.45) is 5.92 Å². The smallest absolute Gasteiger partial charge is 0.429 e. The van der Waals surface area contributed by atoms with E-state index in [1.165, 1.54) is 13.2 Å². The average Bonchev–Trinajstić information content (AvgIpc) is 2.34. The zero-order chi connectivity index (χ0) is 15.1. The second-order valence-corrected chi connectivity index (χ2v) is 5.32. The van der Waals surface area contributed by atoms with E-state index in [0.29, 0.717) is 10.9 Å². The van der Waals surface area contributed by atoms with E-state index < -0.39 is 29.7 Å². The maximum absolute atomic E-state index is 12.9. The molecular formula is C12H10BrF3O4. The van der Waals surface area contributed by atoms with Gasteiger partial charge >= 0.3 is 12.1 Å². The maximum Gasteiger partial charge on any atom is 0.429 e. The highest BCUT2D eigenvalue weighted by atomic mass is 79.9. The number of hydrogen-bond acceptors (Lipinski definition) is 3. The molecule has 0 fully saturated rings. The molecule has 2 rings (SSSR count). The van der Waals surface area contributed by atoms with Gasteiger partial charge < -0.3 is 14.6 Å². The van der Waals surface area contributed by atoms with Crippen LogP contribution in [0.15, 0.2) is 33.7 Å². The molecule has 0 saturated carbocycles. The number of ether oxygens (including phenoxy) is 2. The van der Waals surface area contributed by atoms with E-state index in [2.05, 4.69) is 15.9 Å². The molecule has 2 atom stereocenters. The van der Waals surface area contributed by atoms with Crippen molar-refractivity contribution in [3.8, 4) is 0 Å². The van der Waals surface area contributed by atoms with Crippen molar-refractivity contribution >= 4 is 21.9 Å². The number of rotatable bonds is 2. The fourth-order valence-corrected chi connectivity index (χ4v) is 2.68. The molecule has 0 aromatic carbocycles. The molecule has 110 valence electrons. The molecule has 0 bridgehead atoms. The van der Waals surface area contributed by atoms with Crippen LogP contribution < -0.4 is 0 Å². The minimum Gasteiger partial charge on any atom is -0.493 e. The maximum atomic E-state index is 12.9. The molecule has 1 heterocycles. The third-order valence-electron chi connectivity index (χ3n) is 2.95. The quantitative estimate of drug-likeness (QED) is 0.827. The number of hydrogen-bond donors (Lipinski definition) is 1. The summed E-state index contributed by atoms with van der Waals surface area (Å²) in [6.45, 7) is 0. The summed E-state index contributed by atoms with van der Waals surface area (Å²) in [5, 5.41) is 8.93. The van der Waals surface area contributed by atoms with Gasteiger partial charge in [0.1, 0.15) is 5.76 Å². The highest BCUT2D eigenvalue weighted by Gasteiger charge is 2.50. The lowest BCUT2D eigenvalue weighted by Crippen LogP contribution is -2.40. The number of carboxylic acids is 1. The number of methoxy groups -OCH3 is 1. The third kappa shape index (κ3) is 2.70. The van der Waals surface area contributed by atoms with Gasteiger partial charge in [-0.25, -0.2) is 4.79 Å². The molecule has 0 saturated heterocycles. The van der Waals surface area contributed by atoms with E-state index in [-0.39, 0.29) is 11.5 Å². The van der Waals surface area contributed by atoms with Gasteiger partial charge in [-0.2, -0.15) is 13.2 Å². The van der Waals surface area contributed by atoms with Gasteiger partial charge in [0.2, 0.25) is 6.10 Å². The van der Waals surface area contributed by atoms with Crippen LogP contribution in [0, 0.1) is 5.92 Å². The average molecular weight is 355 g/mol. The van der Waals surface area contributed by atoms with Crippen LogP contribution in [0.2, 0.25) is 0 Å². The summed E-state index contributed by atoms with van der Waals surface area (Å²) in [4.78, 5) is 11.0. The van der Waals surface area contributed by atoms with Gasteiger partial charge in [0.05, 0.1) is 12.7 Å². The number of aliphatic carboxylic acids is 1. The van der Waals surface area contributed by atoms with Crippen LogP contribution in [0.4, 0.5) is 13.2 Å². The first-order valence-corrected chi connectivity index (χ1v) is 6.36. The standard InChI is InChI=1S/C12H10BrF3O4/c1-19-8-4-6(13)2-5-3-7(11(17)18)10(12(14,15)16)20-9(5)8/h3-5,10H,2H2,1H3,(H,17,18). The van der Waals surface area contributed by atoms with Crippen LogP contribution >= 0.6 is 15.9 Å². The first-order valence-electron chi connectivity index (χ1n) is 5.56. The summed E-state index contributed by atoms with van der Waals surface area (Å²) in [5.74, 6) is -2.07. The zero-order valence-electron chi connectivity index (χ0n) is 10.2. The van der Waals surface area contributed by atoms with E-state index in [9.17, 15) is 18.0 Å². The number of alkyl halides is 3. The van der Waals surface area contributed by atoms with Gasteiger partial charge in [0.15, 0.2) is 5.76 Å². The summed E-state index contributed by atoms with van der Waals surface area (Å²) in [7, 11) is 1.31. The molecular weight excluding hydrogens is 345 g/mol. The van der Waals surface area contributed by atoms with Gasteiger partial charge in [0, 0.05) is 5.92 Å². The van der Waals surface area contributed by atoms with Gasteiger partial charge in [-0.15, -0.1) is 0 Å². The van der Waals surface area contributed by atoms with E-state index in [1.54, 1.807) is 0 Å². The molecule has 2 unspecified atom stereocenters. The number of fused-ring (bicyclic) bond motifs is 1. The lowest BCUT2D eigenvalue weighted by Gasteiger charge is -2.34. The van der Waals surface area contributed by atoms with Crippen molar-refractivity contribution in [1.82, 2.24) is 0 Å². The molecule has 1 aliphatic heterocycles. The van der Waals surface area contributed by atoms with Gasteiger partial charge in [-0.05, 0) is 17.0 Å². The molecule has 0 amide bonds. The van der Waals surface area contributed by atoms with Crippen molar-refractivity contribution < 1.29 is 32.5 Å². The molecule has 2 aliphatic rings. The molecule has 1 aliphatic carbocycles. The largest absolute Gasteiger partial charge is 0.493 e. The Labute approximate surface area is 120 Å². The normalized spacial score (nSPS) is 26.2. The Bertz CT molecular complexity index is 533. The minimum absolute atomic E-state index is 0.00280. The molecule has 0 aromatic rings. The molecule has 8 heteroatoms. The predicted octanol–water partition coefficient (Wildman–Crippen LogP) is 3.12. The van der Waals surface area contributed by atoms with Gasteiger partial charge in [0.25, 0.3) is 0 Å². The van der Waals surface area contributed by atoms with Crippen LogP contribution in [0.25, 0.3) is 0 Å². The van der Waals surface area contributed by atoms with Crippen LogP contribution in [0.5, 0.6) is 0 Å². The van der Waals surface area contributed by atoms with Gasteiger partial charge in [-0.1, -0.05) is 22.0 Å². The number of carboxylic acid groups (broad SMARTS) is 1. The van der Waals surface area contributed by atoms with Crippen LogP contribution in [0.3, 0.4) is 0 Å². The first-order chi connectivity index (χ1) is 9.24. The Morgan fingerprint density at radius 1 is 1.55 bits per heavy atom.